The SMILES string of the molecule is O=C(CCSc1cc(Cl)c(O)c(Cl)c1)N1CCN(Cc2ccccc2)CC1. The van der Waals surface area contributed by atoms with Gasteiger partial charge in [-0.15, -0.1) is 11.8 Å². The van der Waals surface area contributed by atoms with Crippen LogP contribution >= 0.6 is 35.0 Å². The fraction of sp³-hybridized carbons (Fsp3) is 0.350. The molecule has 2 aromatic rings. The van der Waals surface area contributed by atoms with Crippen molar-refractivity contribution >= 4 is 40.9 Å². The number of phenols is 1. The lowest BCUT2D eigenvalue weighted by Gasteiger charge is -2.34. The summed E-state index contributed by atoms with van der Waals surface area (Å²) < 4.78 is 0. The molecule has 144 valence electrons. The van der Waals surface area contributed by atoms with Gasteiger partial charge in [0.1, 0.15) is 0 Å². The Balaban J connectivity index is 1.41. The van der Waals surface area contributed by atoms with E-state index < -0.39 is 0 Å². The molecule has 27 heavy (non-hydrogen) atoms. The van der Waals surface area contributed by atoms with Gasteiger partial charge in [-0.05, 0) is 17.7 Å². The maximum Gasteiger partial charge on any atom is 0.223 e. The third kappa shape index (κ3) is 5.79. The predicted molar refractivity (Wildman–Crippen MR) is 112 cm³/mol. The number of piperazine rings is 1. The van der Waals surface area contributed by atoms with Crippen molar-refractivity contribution in [1.29, 1.82) is 0 Å². The minimum Gasteiger partial charge on any atom is -0.505 e. The van der Waals surface area contributed by atoms with E-state index in [0.717, 1.165) is 37.6 Å². The minimum atomic E-state index is -0.105. The first-order chi connectivity index (χ1) is 13.0. The highest BCUT2D eigenvalue weighted by molar-refractivity contribution is 7.99. The molecule has 1 heterocycles. The second-order valence-corrected chi connectivity index (χ2v) is 8.46. The number of carbonyl (C=O) groups excluding carboxylic acids is 1. The van der Waals surface area contributed by atoms with E-state index >= 15 is 0 Å². The number of hydrogen-bond donors (Lipinski definition) is 1. The summed E-state index contributed by atoms with van der Waals surface area (Å²) in [5.74, 6) is 0.727. The number of thioether (sulfide) groups is 1. The van der Waals surface area contributed by atoms with Crippen molar-refractivity contribution < 1.29 is 9.90 Å². The second kappa shape index (κ2) is 9.69. The standard InChI is InChI=1S/C20H22Cl2N2O2S/c21-17-12-16(13-18(22)20(17)26)27-11-6-19(25)24-9-7-23(8-10-24)14-15-4-2-1-3-5-15/h1-5,12-13,26H,6-11,14H2. The number of halogens is 2. The van der Waals surface area contributed by atoms with Gasteiger partial charge < -0.3 is 10.0 Å². The molecule has 1 N–H and O–H groups in total. The van der Waals surface area contributed by atoms with Crippen molar-refractivity contribution in [2.24, 2.45) is 0 Å². The van der Waals surface area contributed by atoms with Crippen molar-refractivity contribution in [2.45, 2.75) is 17.9 Å². The molecule has 0 atom stereocenters. The minimum absolute atomic E-state index is 0.105. The predicted octanol–water partition coefficient (Wildman–Crippen LogP) is 4.53. The van der Waals surface area contributed by atoms with Gasteiger partial charge in [0.25, 0.3) is 0 Å². The van der Waals surface area contributed by atoms with Gasteiger partial charge in [-0.1, -0.05) is 53.5 Å². The summed E-state index contributed by atoms with van der Waals surface area (Å²) in [6, 6.07) is 13.7. The van der Waals surface area contributed by atoms with Gasteiger partial charge in [-0.3, -0.25) is 9.69 Å². The first-order valence-corrected chi connectivity index (χ1v) is 10.6. The fourth-order valence-corrected chi connectivity index (χ4v) is 4.57. The first kappa shape index (κ1) is 20.3. The molecule has 0 aliphatic carbocycles. The van der Waals surface area contributed by atoms with Crippen molar-refractivity contribution in [3.63, 3.8) is 0 Å². The molecule has 1 fully saturated rings. The van der Waals surface area contributed by atoms with Crippen molar-refractivity contribution in [2.75, 3.05) is 31.9 Å². The van der Waals surface area contributed by atoms with Crippen LogP contribution in [-0.4, -0.2) is 52.7 Å². The van der Waals surface area contributed by atoms with Crippen LogP contribution in [-0.2, 0) is 11.3 Å². The zero-order valence-electron chi connectivity index (χ0n) is 14.9. The Hall–Kier alpha value is -1.40. The van der Waals surface area contributed by atoms with E-state index in [1.807, 2.05) is 11.0 Å². The molecule has 0 bridgehead atoms. The van der Waals surface area contributed by atoms with Crippen LogP contribution in [0, 0.1) is 0 Å². The largest absolute Gasteiger partial charge is 0.505 e. The summed E-state index contributed by atoms with van der Waals surface area (Å²) in [5.41, 5.74) is 1.31. The molecule has 0 unspecified atom stereocenters. The molecule has 0 saturated carbocycles. The van der Waals surface area contributed by atoms with Crippen LogP contribution in [0.15, 0.2) is 47.4 Å². The van der Waals surface area contributed by atoms with Crippen LogP contribution in [0.2, 0.25) is 10.0 Å². The number of carbonyl (C=O) groups is 1. The smallest absolute Gasteiger partial charge is 0.223 e. The Bertz CT molecular complexity index is 758. The Morgan fingerprint density at radius 2 is 1.67 bits per heavy atom. The monoisotopic (exact) mass is 424 g/mol. The van der Waals surface area contributed by atoms with E-state index in [-0.39, 0.29) is 21.7 Å². The maximum atomic E-state index is 12.4. The van der Waals surface area contributed by atoms with Gasteiger partial charge >= 0.3 is 0 Å². The highest BCUT2D eigenvalue weighted by atomic mass is 35.5. The number of nitrogens with zero attached hydrogens (tertiary/aromatic N) is 2. The Morgan fingerprint density at radius 1 is 1.04 bits per heavy atom. The summed E-state index contributed by atoms with van der Waals surface area (Å²) in [7, 11) is 0. The molecule has 0 radical (unpaired) electrons. The molecule has 1 amide bonds. The van der Waals surface area contributed by atoms with Gasteiger partial charge in [-0.2, -0.15) is 0 Å². The van der Waals surface area contributed by atoms with Crippen LogP contribution in [0.4, 0.5) is 0 Å². The van der Waals surface area contributed by atoms with E-state index in [2.05, 4.69) is 29.2 Å². The summed E-state index contributed by atoms with van der Waals surface area (Å²) in [5, 5.41) is 10.0. The molecule has 0 spiro atoms. The van der Waals surface area contributed by atoms with Gasteiger partial charge in [0, 0.05) is 49.8 Å². The fourth-order valence-electron chi connectivity index (χ4n) is 3.04. The van der Waals surface area contributed by atoms with Crippen molar-refractivity contribution in [3.8, 4) is 5.75 Å². The number of amides is 1. The number of hydrogen-bond acceptors (Lipinski definition) is 4. The van der Waals surface area contributed by atoms with Gasteiger partial charge in [0.2, 0.25) is 5.91 Å². The van der Waals surface area contributed by atoms with Crippen molar-refractivity contribution in [1.82, 2.24) is 9.80 Å². The van der Waals surface area contributed by atoms with Gasteiger partial charge in [-0.25, -0.2) is 0 Å². The van der Waals surface area contributed by atoms with Crippen molar-refractivity contribution in [3.05, 3.63) is 58.1 Å². The van der Waals surface area contributed by atoms with E-state index in [1.165, 1.54) is 17.3 Å². The average Bonchev–Trinajstić information content (AvgIpc) is 2.67. The zero-order chi connectivity index (χ0) is 19.2. The summed E-state index contributed by atoms with van der Waals surface area (Å²) in [4.78, 5) is 17.6. The maximum absolute atomic E-state index is 12.4. The van der Waals surface area contributed by atoms with Crippen LogP contribution in [0.5, 0.6) is 5.75 Å². The van der Waals surface area contributed by atoms with E-state index in [9.17, 15) is 9.90 Å². The first-order valence-electron chi connectivity index (χ1n) is 8.88. The number of aromatic hydroxyl groups is 1. The summed E-state index contributed by atoms with van der Waals surface area (Å²) in [6.07, 6.45) is 0.472. The zero-order valence-corrected chi connectivity index (χ0v) is 17.2. The summed E-state index contributed by atoms with van der Waals surface area (Å²) in [6.45, 7) is 4.27. The Labute approximate surface area is 174 Å². The topological polar surface area (TPSA) is 43.8 Å². The van der Waals surface area contributed by atoms with Crippen LogP contribution in [0.1, 0.15) is 12.0 Å². The third-order valence-corrected chi connectivity index (χ3v) is 6.10. The average molecular weight is 425 g/mol. The molecule has 1 saturated heterocycles. The lowest BCUT2D eigenvalue weighted by Crippen LogP contribution is -2.48. The molecular weight excluding hydrogens is 403 g/mol. The molecule has 0 aromatic heterocycles. The number of rotatable bonds is 6. The normalized spacial score (nSPS) is 15.1. The lowest BCUT2D eigenvalue weighted by atomic mass is 10.2. The molecule has 1 aliphatic heterocycles. The van der Waals surface area contributed by atoms with Crippen LogP contribution in [0.3, 0.4) is 0 Å². The molecule has 3 rings (SSSR count). The molecular formula is C20H22Cl2N2O2S. The second-order valence-electron chi connectivity index (χ2n) is 6.48. The highest BCUT2D eigenvalue weighted by Crippen LogP contribution is 2.36. The van der Waals surface area contributed by atoms with E-state index in [1.54, 1.807) is 12.1 Å². The van der Waals surface area contributed by atoms with E-state index in [0.29, 0.717) is 12.2 Å². The highest BCUT2D eigenvalue weighted by Gasteiger charge is 2.20. The van der Waals surface area contributed by atoms with Gasteiger partial charge in [0.05, 0.1) is 10.0 Å². The molecule has 7 heteroatoms. The number of phenolic OH excluding ortho intramolecular Hbond substituents is 1. The Morgan fingerprint density at radius 3 is 2.30 bits per heavy atom. The van der Waals surface area contributed by atoms with Gasteiger partial charge in [0.15, 0.2) is 5.75 Å². The molecule has 4 nitrogen and oxygen atoms in total. The molecule has 2 aromatic carbocycles. The van der Waals surface area contributed by atoms with Crippen LogP contribution in [0.25, 0.3) is 0 Å². The quantitative estimate of drug-likeness (QED) is 0.691. The third-order valence-electron chi connectivity index (χ3n) is 4.55. The number of benzene rings is 2. The van der Waals surface area contributed by atoms with E-state index in [4.69, 9.17) is 23.2 Å². The molecule has 1 aliphatic rings. The Kier molecular flexibility index (Phi) is 7.30. The summed E-state index contributed by atoms with van der Waals surface area (Å²) >= 11 is 13.4. The lowest BCUT2D eigenvalue weighted by molar-refractivity contribution is -0.132. The van der Waals surface area contributed by atoms with Crippen LogP contribution < -0.4 is 0 Å².